The lowest BCUT2D eigenvalue weighted by Gasteiger charge is -2.19. The summed E-state index contributed by atoms with van der Waals surface area (Å²) in [5.74, 6) is 2.44. The molecule has 1 saturated heterocycles. The Balaban J connectivity index is 2.03. The minimum Gasteiger partial charge on any atom is -0.339 e. The Labute approximate surface area is 97.0 Å². The van der Waals surface area contributed by atoms with Crippen molar-refractivity contribution in [2.45, 2.75) is 52.0 Å². The van der Waals surface area contributed by atoms with Crippen molar-refractivity contribution in [3.63, 3.8) is 0 Å². The van der Waals surface area contributed by atoms with Crippen LogP contribution in [0, 0.1) is 0 Å². The molecule has 2 heterocycles. The second-order valence-corrected chi connectivity index (χ2v) is 5.22. The fourth-order valence-corrected chi connectivity index (χ4v) is 2.11. The minimum atomic E-state index is 0.347. The van der Waals surface area contributed by atoms with Gasteiger partial charge in [-0.3, -0.25) is 0 Å². The molecular weight excluding hydrogens is 202 g/mol. The van der Waals surface area contributed by atoms with Crippen LogP contribution in [-0.2, 0) is 0 Å². The highest BCUT2D eigenvalue weighted by Crippen LogP contribution is 2.27. The summed E-state index contributed by atoms with van der Waals surface area (Å²) in [6.07, 6.45) is 1.14. The van der Waals surface area contributed by atoms with E-state index in [0.717, 1.165) is 31.2 Å². The lowest BCUT2D eigenvalue weighted by Crippen LogP contribution is -2.27. The van der Waals surface area contributed by atoms with E-state index in [1.807, 2.05) is 0 Å². The molecule has 0 N–H and O–H groups in total. The first-order valence-corrected chi connectivity index (χ1v) is 6.15. The molecule has 0 aliphatic carbocycles. The van der Waals surface area contributed by atoms with Crippen molar-refractivity contribution in [3.8, 4) is 0 Å². The molecule has 1 atom stereocenters. The van der Waals surface area contributed by atoms with Gasteiger partial charge in [-0.15, -0.1) is 0 Å². The molecule has 0 spiro atoms. The van der Waals surface area contributed by atoms with Gasteiger partial charge in [0, 0.05) is 18.5 Å². The van der Waals surface area contributed by atoms with Crippen LogP contribution in [0.4, 0.5) is 0 Å². The molecule has 0 saturated carbocycles. The highest BCUT2D eigenvalue weighted by molar-refractivity contribution is 5.01. The number of rotatable bonds is 3. The molecule has 1 aromatic rings. The van der Waals surface area contributed by atoms with Gasteiger partial charge < -0.3 is 9.42 Å². The SMILES string of the molecule is CC(C)c1noc(C2CCN(C(C)C)C2)n1. The van der Waals surface area contributed by atoms with Gasteiger partial charge >= 0.3 is 0 Å². The molecule has 2 rings (SSSR count). The second-order valence-electron chi connectivity index (χ2n) is 5.22. The van der Waals surface area contributed by atoms with Crippen LogP contribution in [0.2, 0.25) is 0 Å². The smallest absolute Gasteiger partial charge is 0.231 e. The van der Waals surface area contributed by atoms with Crippen LogP contribution < -0.4 is 0 Å². The highest BCUT2D eigenvalue weighted by atomic mass is 16.5. The first kappa shape index (κ1) is 11.6. The summed E-state index contributed by atoms with van der Waals surface area (Å²) in [7, 11) is 0. The first-order valence-electron chi connectivity index (χ1n) is 6.15. The lowest BCUT2D eigenvalue weighted by atomic mass is 10.1. The van der Waals surface area contributed by atoms with E-state index in [0.29, 0.717) is 17.9 Å². The number of hydrogen-bond acceptors (Lipinski definition) is 4. The maximum atomic E-state index is 5.35. The summed E-state index contributed by atoms with van der Waals surface area (Å²) in [4.78, 5) is 6.94. The summed E-state index contributed by atoms with van der Waals surface area (Å²) in [5, 5.41) is 4.03. The summed E-state index contributed by atoms with van der Waals surface area (Å²) < 4.78 is 5.35. The molecule has 1 aliphatic rings. The number of aromatic nitrogens is 2. The van der Waals surface area contributed by atoms with E-state index < -0.39 is 0 Å². The predicted octanol–water partition coefficient (Wildman–Crippen LogP) is 2.39. The van der Waals surface area contributed by atoms with E-state index in [1.54, 1.807) is 0 Å². The molecule has 0 aromatic carbocycles. The lowest BCUT2D eigenvalue weighted by molar-refractivity contribution is 0.265. The van der Waals surface area contributed by atoms with Gasteiger partial charge in [0.25, 0.3) is 0 Å². The molecule has 4 nitrogen and oxygen atoms in total. The van der Waals surface area contributed by atoms with Crippen molar-refractivity contribution in [3.05, 3.63) is 11.7 Å². The maximum absolute atomic E-state index is 5.35. The third-order valence-electron chi connectivity index (χ3n) is 3.27. The normalized spacial score (nSPS) is 22.5. The zero-order chi connectivity index (χ0) is 11.7. The third-order valence-corrected chi connectivity index (χ3v) is 3.27. The molecule has 16 heavy (non-hydrogen) atoms. The monoisotopic (exact) mass is 223 g/mol. The van der Waals surface area contributed by atoms with Gasteiger partial charge in [-0.2, -0.15) is 4.98 Å². The Bertz CT molecular complexity index is 346. The van der Waals surface area contributed by atoms with Gasteiger partial charge in [0.05, 0.1) is 5.92 Å². The van der Waals surface area contributed by atoms with Gasteiger partial charge in [0.2, 0.25) is 5.89 Å². The van der Waals surface area contributed by atoms with Crippen LogP contribution in [0.1, 0.15) is 57.7 Å². The fourth-order valence-electron chi connectivity index (χ4n) is 2.11. The van der Waals surface area contributed by atoms with E-state index >= 15 is 0 Å². The van der Waals surface area contributed by atoms with Crippen molar-refractivity contribution < 1.29 is 4.52 Å². The number of nitrogens with zero attached hydrogens (tertiary/aromatic N) is 3. The Hall–Kier alpha value is -0.900. The molecular formula is C12H21N3O. The van der Waals surface area contributed by atoms with E-state index in [2.05, 4.69) is 42.7 Å². The number of hydrogen-bond donors (Lipinski definition) is 0. The Morgan fingerprint density at radius 2 is 2.06 bits per heavy atom. The Kier molecular flexibility index (Phi) is 3.28. The van der Waals surface area contributed by atoms with Crippen molar-refractivity contribution in [1.29, 1.82) is 0 Å². The largest absolute Gasteiger partial charge is 0.339 e. The van der Waals surface area contributed by atoms with E-state index in [-0.39, 0.29) is 0 Å². The molecule has 1 aliphatic heterocycles. The standard InChI is InChI=1S/C12H21N3O/c1-8(2)11-13-12(16-14-11)10-5-6-15(7-10)9(3)4/h8-10H,5-7H2,1-4H3. The van der Waals surface area contributed by atoms with Crippen LogP contribution in [0.5, 0.6) is 0 Å². The van der Waals surface area contributed by atoms with Crippen LogP contribution >= 0.6 is 0 Å². The predicted molar refractivity (Wildman–Crippen MR) is 62.5 cm³/mol. The van der Waals surface area contributed by atoms with E-state index in [1.165, 1.54) is 0 Å². The minimum absolute atomic E-state index is 0.347. The third kappa shape index (κ3) is 2.26. The number of likely N-dealkylation sites (tertiary alicyclic amines) is 1. The molecule has 0 amide bonds. The topological polar surface area (TPSA) is 42.2 Å². The molecule has 4 heteroatoms. The zero-order valence-electron chi connectivity index (χ0n) is 10.6. The Morgan fingerprint density at radius 3 is 2.56 bits per heavy atom. The summed E-state index contributed by atoms with van der Waals surface area (Å²) in [6, 6.07) is 0.609. The quantitative estimate of drug-likeness (QED) is 0.789. The fraction of sp³-hybridized carbons (Fsp3) is 0.833. The highest BCUT2D eigenvalue weighted by Gasteiger charge is 2.29. The van der Waals surface area contributed by atoms with Gasteiger partial charge in [0.15, 0.2) is 5.82 Å². The molecule has 0 radical (unpaired) electrons. The van der Waals surface area contributed by atoms with Gasteiger partial charge in [-0.25, -0.2) is 0 Å². The van der Waals surface area contributed by atoms with Gasteiger partial charge in [-0.1, -0.05) is 19.0 Å². The van der Waals surface area contributed by atoms with Crippen molar-refractivity contribution in [2.75, 3.05) is 13.1 Å². The molecule has 0 bridgehead atoms. The Morgan fingerprint density at radius 1 is 1.31 bits per heavy atom. The van der Waals surface area contributed by atoms with Crippen LogP contribution in [0.25, 0.3) is 0 Å². The molecule has 1 fully saturated rings. The second kappa shape index (κ2) is 4.53. The van der Waals surface area contributed by atoms with Crippen molar-refractivity contribution in [2.24, 2.45) is 0 Å². The molecule has 90 valence electrons. The van der Waals surface area contributed by atoms with Crippen LogP contribution in [0.3, 0.4) is 0 Å². The molecule has 1 unspecified atom stereocenters. The summed E-state index contributed by atoms with van der Waals surface area (Å²) in [6.45, 7) is 10.8. The van der Waals surface area contributed by atoms with Crippen molar-refractivity contribution in [1.82, 2.24) is 15.0 Å². The van der Waals surface area contributed by atoms with Crippen LogP contribution in [0.15, 0.2) is 4.52 Å². The average Bonchev–Trinajstić information content (AvgIpc) is 2.86. The summed E-state index contributed by atoms with van der Waals surface area (Å²) >= 11 is 0. The maximum Gasteiger partial charge on any atom is 0.231 e. The first-order chi connectivity index (χ1) is 7.58. The van der Waals surface area contributed by atoms with Crippen LogP contribution in [-0.4, -0.2) is 34.2 Å². The summed E-state index contributed by atoms with van der Waals surface area (Å²) in [5.41, 5.74) is 0. The van der Waals surface area contributed by atoms with Gasteiger partial charge in [0.1, 0.15) is 0 Å². The zero-order valence-corrected chi connectivity index (χ0v) is 10.6. The van der Waals surface area contributed by atoms with Gasteiger partial charge in [-0.05, 0) is 26.8 Å². The molecule has 1 aromatic heterocycles. The van der Waals surface area contributed by atoms with E-state index in [4.69, 9.17) is 4.52 Å². The van der Waals surface area contributed by atoms with Crippen molar-refractivity contribution >= 4 is 0 Å². The van der Waals surface area contributed by atoms with E-state index in [9.17, 15) is 0 Å². The average molecular weight is 223 g/mol.